The van der Waals surface area contributed by atoms with E-state index < -0.39 is 5.97 Å². The average Bonchev–Trinajstić information content (AvgIpc) is 2.63. The molecule has 0 atom stereocenters. The van der Waals surface area contributed by atoms with Gasteiger partial charge in [-0.15, -0.1) is 0 Å². The standard InChI is InChI=1S/C20H16N2O3/c1-14(23)22-21-13-18-17-10-6-5-7-15(17)11-12-19(18)25-20(24)16-8-3-2-4-9-16/h2-13H,1H3,(H,22,23)/b21-13-. The van der Waals surface area contributed by atoms with Crippen LogP contribution < -0.4 is 10.2 Å². The van der Waals surface area contributed by atoms with Gasteiger partial charge in [-0.05, 0) is 29.0 Å². The monoisotopic (exact) mass is 332 g/mol. The molecule has 5 nitrogen and oxygen atoms in total. The zero-order valence-electron chi connectivity index (χ0n) is 13.6. The summed E-state index contributed by atoms with van der Waals surface area (Å²) in [5, 5.41) is 5.76. The molecule has 0 saturated carbocycles. The van der Waals surface area contributed by atoms with E-state index in [-0.39, 0.29) is 5.91 Å². The number of carbonyl (C=O) groups is 2. The molecule has 0 aromatic heterocycles. The third kappa shape index (κ3) is 3.90. The van der Waals surface area contributed by atoms with E-state index in [2.05, 4.69) is 10.5 Å². The smallest absolute Gasteiger partial charge is 0.343 e. The Morgan fingerprint density at radius 1 is 0.960 bits per heavy atom. The highest BCUT2D eigenvalue weighted by atomic mass is 16.5. The van der Waals surface area contributed by atoms with Crippen LogP contribution in [0, 0.1) is 0 Å². The SMILES string of the molecule is CC(=O)N/N=C\c1c(OC(=O)c2ccccc2)ccc2ccccc12. The lowest BCUT2D eigenvalue weighted by Gasteiger charge is -2.10. The second-order valence-electron chi connectivity index (χ2n) is 5.38. The van der Waals surface area contributed by atoms with Crippen LogP contribution in [0.5, 0.6) is 5.75 Å². The van der Waals surface area contributed by atoms with E-state index >= 15 is 0 Å². The van der Waals surface area contributed by atoms with E-state index in [9.17, 15) is 9.59 Å². The van der Waals surface area contributed by atoms with Crippen molar-refractivity contribution in [3.8, 4) is 5.75 Å². The van der Waals surface area contributed by atoms with Gasteiger partial charge in [0.25, 0.3) is 0 Å². The molecule has 124 valence electrons. The maximum atomic E-state index is 12.3. The van der Waals surface area contributed by atoms with Crippen molar-refractivity contribution in [1.82, 2.24) is 5.43 Å². The molecule has 0 radical (unpaired) electrons. The summed E-state index contributed by atoms with van der Waals surface area (Å²) in [5.74, 6) is -0.356. The van der Waals surface area contributed by atoms with E-state index in [1.54, 1.807) is 30.3 Å². The molecule has 0 fully saturated rings. The van der Waals surface area contributed by atoms with Crippen LogP contribution in [-0.4, -0.2) is 18.1 Å². The molecule has 0 spiro atoms. The van der Waals surface area contributed by atoms with E-state index in [1.165, 1.54) is 13.1 Å². The molecule has 0 heterocycles. The number of fused-ring (bicyclic) bond motifs is 1. The summed E-state index contributed by atoms with van der Waals surface area (Å²) in [5.41, 5.74) is 3.44. The van der Waals surface area contributed by atoms with Crippen LogP contribution in [0.25, 0.3) is 10.8 Å². The molecule has 0 bridgehead atoms. The first-order valence-electron chi connectivity index (χ1n) is 7.74. The molecular weight excluding hydrogens is 316 g/mol. The zero-order chi connectivity index (χ0) is 17.6. The molecule has 0 saturated heterocycles. The molecule has 3 rings (SSSR count). The fourth-order valence-corrected chi connectivity index (χ4v) is 2.42. The van der Waals surface area contributed by atoms with Crippen molar-refractivity contribution in [3.63, 3.8) is 0 Å². The van der Waals surface area contributed by atoms with Gasteiger partial charge in [0.2, 0.25) is 5.91 Å². The normalized spacial score (nSPS) is 10.8. The molecule has 0 unspecified atom stereocenters. The van der Waals surface area contributed by atoms with Crippen LogP contribution >= 0.6 is 0 Å². The van der Waals surface area contributed by atoms with Crippen molar-refractivity contribution in [2.45, 2.75) is 6.92 Å². The second-order valence-corrected chi connectivity index (χ2v) is 5.38. The Morgan fingerprint density at radius 3 is 2.44 bits per heavy atom. The fourth-order valence-electron chi connectivity index (χ4n) is 2.42. The first-order chi connectivity index (χ1) is 12.1. The van der Waals surface area contributed by atoms with Crippen LogP contribution in [0.4, 0.5) is 0 Å². The van der Waals surface area contributed by atoms with Gasteiger partial charge in [0.05, 0.1) is 11.8 Å². The molecular formula is C20H16N2O3. The number of nitrogens with one attached hydrogen (secondary N) is 1. The van der Waals surface area contributed by atoms with E-state index in [4.69, 9.17) is 4.74 Å². The highest BCUT2D eigenvalue weighted by molar-refractivity contribution is 6.04. The Kier molecular flexibility index (Phi) is 4.85. The van der Waals surface area contributed by atoms with Crippen molar-refractivity contribution in [2.24, 2.45) is 5.10 Å². The molecule has 1 N–H and O–H groups in total. The molecule has 0 aliphatic heterocycles. The van der Waals surface area contributed by atoms with Gasteiger partial charge in [-0.3, -0.25) is 4.79 Å². The number of nitrogens with zero attached hydrogens (tertiary/aromatic N) is 1. The molecule has 5 heteroatoms. The van der Waals surface area contributed by atoms with Gasteiger partial charge in [-0.25, -0.2) is 10.2 Å². The van der Waals surface area contributed by atoms with Crippen LogP contribution in [-0.2, 0) is 4.79 Å². The number of hydrogen-bond acceptors (Lipinski definition) is 4. The molecule has 25 heavy (non-hydrogen) atoms. The number of hydrogen-bond donors (Lipinski definition) is 1. The van der Waals surface area contributed by atoms with Crippen molar-refractivity contribution in [3.05, 3.63) is 77.9 Å². The van der Waals surface area contributed by atoms with E-state index in [1.807, 2.05) is 36.4 Å². The van der Waals surface area contributed by atoms with Crippen LogP contribution in [0.3, 0.4) is 0 Å². The Hall–Kier alpha value is -3.47. The summed E-state index contributed by atoms with van der Waals surface area (Å²) in [6.07, 6.45) is 1.48. The van der Waals surface area contributed by atoms with E-state index in [0.29, 0.717) is 16.9 Å². The van der Waals surface area contributed by atoms with Gasteiger partial charge in [0.15, 0.2) is 0 Å². The van der Waals surface area contributed by atoms with Crippen molar-refractivity contribution < 1.29 is 14.3 Å². The summed E-state index contributed by atoms with van der Waals surface area (Å²) in [7, 11) is 0. The molecule has 1 amide bonds. The lowest BCUT2D eigenvalue weighted by molar-refractivity contribution is -0.118. The topological polar surface area (TPSA) is 67.8 Å². The van der Waals surface area contributed by atoms with Gasteiger partial charge in [-0.1, -0.05) is 48.5 Å². The number of benzene rings is 3. The molecule has 0 aliphatic rings. The third-order valence-corrected chi connectivity index (χ3v) is 3.56. The summed E-state index contributed by atoms with van der Waals surface area (Å²) < 4.78 is 5.55. The first-order valence-corrected chi connectivity index (χ1v) is 7.74. The van der Waals surface area contributed by atoms with Crippen LogP contribution in [0.2, 0.25) is 0 Å². The summed E-state index contributed by atoms with van der Waals surface area (Å²) in [6.45, 7) is 1.37. The quantitative estimate of drug-likeness (QED) is 0.344. The summed E-state index contributed by atoms with van der Waals surface area (Å²) in [4.78, 5) is 23.4. The minimum atomic E-state index is -0.454. The third-order valence-electron chi connectivity index (χ3n) is 3.56. The van der Waals surface area contributed by atoms with Gasteiger partial charge in [0, 0.05) is 12.5 Å². The molecule has 3 aromatic carbocycles. The van der Waals surface area contributed by atoms with Crippen LogP contribution in [0.15, 0.2) is 71.8 Å². The summed E-state index contributed by atoms with van der Waals surface area (Å²) >= 11 is 0. The molecule has 0 aliphatic carbocycles. The maximum absolute atomic E-state index is 12.3. The first kappa shape index (κ1) is 16.4. The summed E-state index contributed by atoms with van der Waals surface area (Å²) in [6, 6.07) is 20.0. The number of amides is 1. The van der Waals surface area contributed by atoms with E-state index in [0.717, 1.165) is 10.8 Å². The number of hydrazone groups is 1. The fraction of sp³-hybridized carbons (Fsp3) is 0.0500. The predicted molar refractivity (Wildman–Crippen MR) is 96.8 cm³/mol. The predicted octanol–water partition coefficient (Wildman–Crippen LogP) is 3.53. The largest absolute Gasteiger partial charge is 0.422 e. The van der Waals surface area contributed by atoms with Gasteiger partial charge in [0.1, 0.15) is 5.75 Å². The van der Waals surface area contributed by atoms with Crippen molar-refractivity contribution in [1.29, 1.82) is 0 Å². The highest BCUT2D eigenvalue weighted by Gasteiger charge is 2.13. The number of rotatable bonds is 4. The van der Waals surface area contributed by atoms with Gasteiger partial charge in [-0.2, -0.15) is 5.10 Å². The average molecular weight is 332 g/mol. The lowest BCUT2D eigenvalue weighted by Crippen LogP contribution is -2.13. The van der Waals surface area contributed by atoms with Gasteiger partial charge >= 0.3 is 5.97 Å². The second kappa shape index (κ2) is 7.40. The van der Waals surface area contributed by atoms with Crippen molar-refractivity contribution in [2.75, 3.05) is 0 Å². The highest BCUT2D eigenvalue weighted by Crippen LogP contribution is 2.27. The number of esters is 1. The lowest BCUT2D eigenvalue weighted by atomic mass is 10.0. The minimum absolute atomic E-state index is 0.278. The Morgan fingerprint density at radius 2 is 1.68 bits per heavy atom. The van der Waals surface area contributed by atoms with Crippen molar-refractivity contribution >= 4 is 28.9 Å². The number of carbonyl (C=O) groups excluding carboxylic acids is 2. The Bertz CT molecular complexity index is 950. The maximum Gasteiger partial charge on any atom is 0.343 e. The Balaban J connectivity index is 2.00. The Labute approximate surface area is 144 Å². The minimum Gasteiger partial charge on any atom is -0.422 e. The van der Waals surface area contributed by atoms with Crippen LogP contribution in [0.1, 0.15) is 22.8 Å². The zero-order valence-corrected chi connectivity index (χ0v) is 13.6. The number of ether oxygens (including phenoxy) is 1. The molecule has 3 aromatic rings. The van der Waals surface area contributed by atoms with Gasteiger partial charge < -0.3 is 4.74 Å².